The Hall–Kier alpha value is -1.14. The van der Waals surface area contributed by atoms with Crippen molar-refractivity contribution in [3.63, 3.8) is 0 Å². The van der Waals surface area contributed by atoms with Crippen LogP contribution in [-0.2, 0) is 9.59 Å². The Kier molecular flexibility index (Phi) is 7.75. The van der Waals surface area contributed by atoms with Crippen LogP contribution >= 0.6 is 0 Å². The molecule has 6 heteroatoms. The number of rotatable bonds is 8. The first kappa shape index (κ1) is 21.6. The molecule has 160 valence electrons. The van der Waals surface area contributed by atoms with Crippen LogP contribution in [0.4, 0.5) is 0 Å². The summed E-state index contributed by atoms with van der Waals surface area (Å²) in [5.41, 5.74) is 4.04. The van der Waals surface area contributed by atoms with E-state index in [1.807, 2.05) is 4.90 Å². The van der Waals surface area contributed by atoms with Crippen molar-refractivity contribution < 1.29 is 14.7 Å². The highest BCUT2D eigenvalue weighted by atomic mass is 16.3. The van der Waals surface area contributed by atoms with E-state index in [9.17, 15) is 14.7 Å². The summed E-state index contributed by atoms with van der Waals surface area (Å²) in [7, 11) is 0. The summed E-state index contributed by atoms with van der Waals surface area (Å²) in [4.78, 5) is 28.2. The van der Waals surface area contributed by atoms with E-state index in [1.54, 1.807) is 0 Å². The third-order valence-corrected chi connectivity index (χ3v) is 7.23. The van der Waals surface area contributed by atoms with E-state index < -0.39 is 5.60 Å². The third kappa shape index (κ3) is 5.93. The molecule has 0 radical (unpaired) electrons. The first-order chi connectivity index (χ1) is 13.5. The van der Waals surface area contributed by atoms with Crippen molar-refractivity contribution in [2.24, 2.45) is 17.6 Å². The number of aliphatic hydroxyl groups is 1. The molecule has 3 aliphatic rings. The highest BCUT2D eigenvalue weighted by Gasteiger charge is 2.43. The summed E-state index contributed by atoms with van der Waals surface area (Å²) >= 11 is 0. The fourth-order valence-electron chi connectivity index (χ4n) is 5.39. The maximum absolute atomic E-state index is 13.0. The van der Waals surface area contributed by atoms with Gasteiger partial charge in [-0.15, -0.1) is 0 Å². The molecular formula is C22H39N3O3. The number of hydrogen-bond donors (Lipinski definition) is 2. The van der Waals surface area contributed by atoms with Gasteiger partial charge in [0, 0.05) is 26.1 Å². The number of primary amides is 1. The normalized spacial score (nSPS) is 28.6. The predicted molar refractivity (Wildman–Crippen MR) is 110 cm³/mol. The van der Waals surface area contributed by atoms with Crippen LogP contribution in [0.3, 0.4) is 0 Å². The van der Waals surface area contributed by atoms with Crippen molar-refractivity contribution in [3.8, 4) is 0 Å². The molecule has 6 nitrogen and oxygen atoms in total. The van der Waals surface area contributed by atoms with Crippen LogP contribution in [0.15, 0.2) is 0 Å². The lowest BCUT2D eigenvalue weighted by atomic mass is 9.85. The van der Waals surface area contributed by atoms with Gasteiger partial charge in [0.2, 0.25) is 5.91 Å². The maximum Gasteiger partial charge on any atom is 0.255 e. The fraction of sp³-hybridized carbons (Fsp3) is 0.909. The molecule has 0 aromatic rings. The van der Waals surface area contributed by atoms with Crippen molar-refractivity contribution >= 4 is 11.8 Å². The van der Waals surface area contributed by atoms with Gasteiger partial charge in [0.05, 0.1) is 0 Å². The minimum Gasteiger partial charge on any atom is -0.379 e. The molecule has 0 aromatic carbocycles. The Morgan fingerprint density at radius 3 is 2.36 bits per heavy atom. The topological polar surface area (TPSA) is 86.9 Å². The summed E-state index contributed by atoms with van der Waals surface area (Å²) in [5.74, 6) is 1.02. The SMILES string of the molecule is NC(=O)CCC1CCN(C[C@]2(O)CCCN(CCC3CCCCC3)C2=O)CC1. The van der Waals surface area contributed by atoms with Crippen molar-refractivity contribution in [2.75, 3.05) is 32.7 Å². The number of nitrogens with two attached hydrogens (primary N) is 1. The number of amides is 2. The van der Waals surface area contributed by atoms with Gasteiger partial charge in [-0.1, -0.05) is 32.1 Å². The number of β-amino-alcohol motifs (C(OH)–C–C–N with tert-alkyl or cyclic N) is 1. The molecule has 2 heterocycles. The summed E-state index contributed by atoms with van der Waals surface area (Å²) < 4.78 is 0. The van der Waals surface area contributed by atoms with Crippen LogP contribution in [-0.4, -0.2) is 65.0 Å². The molecule has 0 aromatic heterocycles. The van der Waals surface area contributed by atoms with Crippen LogP contribution in [0.25, 0.3) is 0 Å². The Labute approximate surface area is 169 Å². The van der Waals surface area contributed by atoms with Gasteiger partial charge in [-0.05, 0) is 63.5 Å². The molecule has 2 aliphatic heterocycles. The number of likely N-dealkylation sites (tertiary alicyclic amines) is 2. The zero-order valence-corrected chi connectivity index (χ0v) is 17.4. The average Bonchev–Trinajstić information content (AvgIpc) is 2.69. The van der Waals surface area contributed by atoms with Crippen LogP contribution < -0.4 is 5.73 Å². The van der Waals surface area contributed by atoms with Gasteiger partial charge in [-0.25, -0.2) is 0 Å². The lowest BCUT2D eigenvalue weighted by Crippen LogP contribution is -2.59. The highest BCUT2D eigenvalue weighted by molar-refractivity contribution is 5.86. The van der Waals surface area contributed by atoms with Crippen molar-refractivity contribution in [3.05, 3.63) is 0 Å². The largest absolute Gasteiger partial charge is 0.379 e. The average molecular weight is 394 g/mol. The zero-order chi connectivity index (χ0) is 20.0. The summed E-state index contributed by atoms with van der Waals surface area (Å²) in [6.45, 7) is 3.83. The minimum atomic E-state index is -1.22. The number of nitrogens with zero attached hydrogens (tertiary/aromatic N) is 2. The molecule has 0 spiro atoms. The molecule has 2 amide bonds. The molecule has 2 saturated heterocycles. The molecule has 28 heavy (non-hydrogen) atoms. The van der Waals surface area contributed by atoms with E-state index in [1.165, 1.54) is 32.1 Å². The van der Waals surface area contributed by atoms with E-state index in [2.05, 4.69) is 4.90 Å². The number of carbonyl (C=O) groups is 2. The molecule has 3 rings (SSSR count). The van der Waals surface area contributed by atoms with Gasteiger partial charge >= 0.3 is 0 Å². The second-order valence-corrected chi connectivity index (χ2v) is 9.44. The standard InChI is InChI=1S/C22H39N3O3/c23-20(26)8-7-19-9-14-24(15-10-19)17-22(28)12-4-13-25(21(22)27)16-11-18-5-2-1-3-6-18/h18-19,28H,1-17H2,(H2,23,26)/t22-/m1/s1. The van der Waals surface area contributed by atoms with E-state index in [0.29, 0.717) is 25.3 Å². The first-order valence-electron chi connectivity index (χ1n) is 11.5. The van der Waals surface area contributed by atoms with Crippen molar-refractivity contribution in [1.29, 1.82) is 0 Å². The van der Waals surface area contributed by atoms with Crippen molar-refractivity contribution in [2.45, 2.75) is 82.7 Å². The van der Waals surface area contributed by atoms with Gasteiger partial charge < -0.3 is 15.7 Å². The Balaban J connectivity index is 1.45. The highest BCUT2D eigenvalue weighted by Crippen LogP contribution is 2.30. The quantitative estimate of drug-likeness (QED) is 0.662. The molecule has 0 bridgehead atoms. The Morgan fingerprint density at radius 2 is 1.68 bits per heavy atom. The minimum absolute atomic E-state index is 0.0505. The molecule has 1 atom stereocenters. The van der Waals surface area contributed by atoms with Crippen molar-refractivity contribution in [1.82, 2.24) is 9.80 Å². The Bertz CT molecular complexity index is 527. The Morgan fingerprint density at radius 1 is 1.00 bits per heavy atom. The van der Waals surface area contributed by atoms with Gasteiger partial charge in [0.15, 0.2) is 5.60 Å². The lowest BCUT2D eigenvalue weighted by molar-refractivity contribution is -0.160. The number of piperidine rings is 2. The van der Waals surface area contributed by atoms with Crippen LogP contribution in [0.2, 0.25) is 0 Å². The number of carbonyl (C=O) groups excluding carboxylic acids is 2. The zero-order valence-electron chi connectivity index (χ0n) is 17.4. The monoisotopic (exact) mass is 393 g/mol. The molecule has 3 fully saturated rings. The second kappa shape index (κ2) is 10.1. The van der Waals surface area contributed by atoms with Crippen LogP contribution in [0.1, 0.15) is 77.0 Å². The van der Waals surface area contributed by atoms with Crippen LogP contribution in [0, 0.1) is 11.8 Å². The van der Waals surface area contributed by atoms with Crippen LogP contribution in [0.5, 0.6) is 0 Å². The molecule has 3 N–H and O–H groups in total. The first-order valence-corrected chi connectivity index (χ1v) is 11.5. The number of hydrogen-bond acceptors (Lipinski definition) is 4. The summed E-state index contributed by atoms with van der Waals surface area (Å²) in [5, 5.41) is 11.1. The molecule has 1 aliphatic carbocycles. The van der Waals surface area contributed by atoms with E-state index in [0.717, 1.165) is 64.2 Å². The predicted octanol–water partition coefficient (Wildman–Crippen LogP) is 2.29. The molecular weight excluding hydrogens is 354 g/mol. The molecule has 0 unspecified atom stereocenters. The lowest BCUT2D eigenvalue weighted by Gasteiger charge is -2.42. The van der Waals surface area contributed by atoms with E-state index in [4.69, 9.17) is 5.73 Å². The van der Waals surface area contributed by atoms with E-state index >= 15 is 0 Å². The maximum atomic E-state index is 13.0. The summed E-state index contributed by atoms with van der Waals surface area (Å²) in [6.07, 6.45) is 12.5. The second-order valence-electron chi connectivity index (χ2n) is 9.44. The molecule has 1 saturated carbocycles. The third-order valence-electron chi connectivity index (χ3n) is 7.23. The summed E-state index contributed by atoms with van der Waals surface area (Å²) in [6, 6.07) is 0. The van der Waals surface area contributed by atoms with Gasteiger partial charge in [-0.3, -0.25) is 14.5 Å². The fourth-order valence-corrected chi connectivity index (χ4v) is 5.39. The van der Waals surface area contributed by atoms with Gasteiger partial charge in [-0.2, -0.15) is 0 Å². The smallest absolute Gasteiger partial charge is 0.255 e. The van der Waals surface area contributed by atoms with Gasteiger partial charge in [0.1, 0.15) is 0 Å². The van der Waals surface area contributed by atoms with Gasteiger partial charge in [0.25, 0.3) is 5.91 Å². The van der Waals surface area contributed by atoms with E-state index in [-0.39, 0.29) is 11.8 Å².